The minimum Gasteiger partial charge on any atom is -0.348 e. The van der Waals surface area contributed by atoms with Crippen molar-refractivity contribution in [2.45, 2.75) is 19.4 Å². The summed E-state index contributed by atoms with van der Waals surface area (Å²) in [5, 5.41) is 10.0. The van der Waals surface area contributed by atoms with Crippen LogP contribution in [-0.2, 0) is 11.2 Å². The van der Waals surface area contributed by atoms with Gasteiger partial charge in [-0.3, -0.25) is 4.79 Å². The Balaban J connectivity index is 1.60. The lowest BCUT2D eigenvalue weighted by atomic mass is 10.2. The second-order valence-corrected chi connectivity index (χ2v) is 7.39. The molecule has 0 aliphatic carbocycles. The Bertz CT molecular complexity index is 701. The molecule has 21 heavy (non-hydrogen) atoms. The van der Waals surface area contributed by atoms with Crippen LogP contribution in [0, 0.1) is 0 Å². The van der Waals surface area contributed by atoms with Crippen LogP contribution in [0.3, 0.4) is 0 Å². The van der Waals surface area contributed by atoms with Crippen molar-refractivity contribution in [3.05, 3.63) is 51.0 Å². The number of hydrogen-bond acceptors (Lipinski definition) is 5. The molecule has 3 rings (SSSR count). The zero-order valence-electron chi connectivity index (χ0n) is 11.4. The molecule has 0 saturated heterocycles. The molecular formula is C15H14N2OS3. The minimum absolute atomic E-state index is 0.0129. The van der Waals surface area contributed by atoms with Crippen LogP contribution in [0.2, 0.25) is 0 Å². The van der Waals surface area contributed by atoms with Crippen LogP contribution in [0.15, 0.2) is 40.4 Å². The highest BCUT2D eigenvalue weighted by atomic mass is 32.1. The molecule has 0 spiro atoms. The van der Waals surface area contributed by atoms with Crippen LogP contribution in [0.25, 0.3) is 9.88 Å². The zero-order chi connectivity index (χ0) is 14.7. The van der Waals surface area contributed by atoms with E-state index in [1.54, 1.807) is 34.0 Å². The first kappa shape index (κ1) is 14.4. The van der Waals surface area contributed by atoms with E-state index in [0.717, 1.165) is 15.6 Å². The van der Waals surface area contributed by atoms with Gasteiger partial charge >= 0.3 is 0 Å². The van der Waals surface area contributed by atoms with Crippen LogP contribution < -0.4 is 5.32 Å². The summed E-state index contributed by atoms with van der Waals surface area (Å²) in [6, 6.07) is 8.14. The van der Waals surface area contributed by atoms with E-state index in [0.29, 0.717) is 6.42 Å². The molecule has 3 heterocycles. The summed E-state index contributed by atoms with van der Waals surface area (Å²) in [6.45, 7) is 2.00. The molecule has 6 heteroatoms. The molecule has 0 bridgehead atoms. The molecule has 0 fully saturated rings. The van der Waals surface area contributed by atoms with Crippen LogP contribution in [0.4, 0.5) is 0 Å². The Morgan fingerprint density at radius 3 is 2.76 bits per heavy atom. The second kappa shape index (κ2) is 6.51. The number of hydrogen-bond donors (Lipinski definition) is 1. The summed E-state index contributed by atoms with van der Waals surface area (Å²) in [6.07, 6.45) is 0.331. The Kier molecular flexibility index (Phi) is 4.48. The van der Waals surface area contributed by atoms with Gasteiger partial charge in [0.15, 0.2) is 0 Å². The third kappa shape index (κ3) is 3.58. The van der Waals surface area contributed by atoms with E-state index in [9.17, 15) is 4.79 Å². The molecule has 0 saturated carbocycles. The van der Waals surface area contributed by atoms with Gasteiger partial charge in [0.2, 0.25) is 5.91 Å². The minimum atomic E-state index is 0.0129. The highest BCUT2D eigenvalue weighted by Crippen LogP contribution is 2.28. The fourth-order valence-electron chi connectivity index (χ4n) is 1.97. The number of amides is 1. The van der Waals surface area contributed by atoms with Gasteiger partial charge in [-0.25, -0.2) is 4.98 Å². The largest absolute Gasteiger partial charge is 0.348 e. The zero-order valence-corrected chi connectivity index (χ0v) is 13.9. The first-order chi connectivity index (χ1) is 10.2. The van der Waals surface area contributed by atoms with Crippen molar-refractivity contribution in [3.63, 3.8) is 0 Å². The van der Waals surface area contributed by atoms with E-state index in [2.05, 4.69) is 10.3 Å². The first-order valence-corrected chi connectivity index (χ1v) is 9.17. The van der Waals surface area contributed by atoms with Gasteiger partial charge in [-0.1, -0.05) is 12.1 Å². The van der Waals surface area contributed by atoms with Gasteiger partial charge in [0.05, 0.1) is 23.0 Å². The molecule has 1 atom stereocenters. The number of thiazole rings is 1. The predicted molar refractivity (Wildman–Crippen MR) is 90.0 cm³/mol. The molecule has 3 aromatic rings. The highest BCUT2D eigenvalue weighted by molar-refractivity contribution is 7.20. The lowest BCUT2D eigenvalue weighted by Crippen LogP contribution is -2.27. The number of carbonyl (C=O) groups is 1. The average Bonchev–Trinajstić information content (AvgIpc) is 3.21. The van der Waals surface area contributed by atoms with E-state index >= 15 is 0 Å². The van der Waals surface area contributed by atoms with Crippen molar-refractivity contribution >= 4 is 39.9 Å². The number of aromatic nitrogens is 1. The number of carbonyl (C=O) groups excluding carboxylic acids is 1. The maximum absolute atomic E-state index is 12.1. The lowest BCUT2D eigenvalue weighted by Gasteiger charge is -2.11. The van der Waals surface area contributed by atoms with E-state index in [-0.39, 0.29) is 11.9 Å². The average molecular weight is 334 g/mol. The standard InChI is InChI=1S/C15H14N2OS3/c1-10(12-4-2-6-19-12)16-14(18)8-11-9-21-15(17-11)13-5-3-7-20-13/h2-7,9-10H,8H2,1H3,(H,16,18)/t10-/m1/s1. The van der Waals surface area contributed by atoms with E-state index in [4.69, 9.17) is 0 Å². The number of thiophene rings is 2. The van der Waals surface area contributed by atoms with Gasteiger partial charge in [-0.05, 0) is 29.8 Å². The van der Waals surface area contributed by atoms with Crippen LogP contribution >= 0.6 is 34.0 Å². The summed E-state index contributed by atoms with van der Waals surface area (Å²) in [5.74, 6) is 0.0129. The summed E-state index contributed by atoms with van der Waals surface area (Å²) in [4.78, 5) is 18.9. The number of nitrogens with zero attached hydrogens (tertiary/aromatic N) is 1. The Morgan fingerprint density at radius 1 is 1.24 bits per heavy atom. The van der Waals surface area contributed by atoms with E-state index in [1.807, 2.05) is 47.3 Å². The van der Waals surface area contributed by atoms with Crippen molar-refractivity contribution in [2.24, 2.45) is 0 Å². The molecule has 0 aliphatic rings. The van der Waals surface area contributed by atoms with Gasteiger partial charge in [-0.15, -0.1) is 34.0 Å². The summed E-state index contributed by atoms with van der Waals surface area (Å²) in [5.41, 5.74) is 0.833. The van der Waals surface area contributed by atoms with Gasteiger partial charge < -0.3 is 5.32 Å². The van der Waals surface area contributed by atoms with Gasteiger partial charge in [0, 0.05) is 10.3 Å². The maximum atomic E-state index is 12.1. The van der Waals surface area contributed by atoms with E-state index < -0.39 is 0 Å². The van der Waals surface area contributed by atoms with Crippen molar-refractivity contribution < 1.29 is 4.79 Å². The van der Waals surface area contributed by atoms with Crippen molar-refractivity contribution in [1.82, 2.24) is 10.3 Å². The topological polar surface area (TPSA) is 42.0 Å². The first-order valence-electron chi connectivity index (χ1n) is 6.53. The van der Waals surface area contributed by atoms with Gasteiger partial charge in [-0.2, -0.15) is 0 Å². The molecule has 0 unspecified atom stereocenters. The monoisotopic (exact) mass is 334 g/mol. The Labute approximate surface area is 135 Å². The molecule has 1 amide bonds. The predicted octanol–water partition coefficient (Wildman–Crippen LogP) is 4.35. The van der Waals surface area contributed by atoms with Crippen LogP contribution in [-0.4, -0.2) is 10.9 Å². The summed E-state index contributed by atoms with van der Waals surface area (Å²) >= 11 is 4.91. The summed E-state index contributed by atoms with van der Waals surface area (Å²) < 4.78 is 0. The highest BCUT2D eigenvalue weighted by Gasteiger charge is 2.13. The summed E-state index contributed by atoms with van der Waals surface area (Å²) in [7, 11) is 0. The van der Waals surface area contributed by atoms with E-state index in [1.165, 1.54) is 4.88 Å². The van der Waals surface area contributed by atoms with Crippen molar-refractivity contribution in [2.75, 3.05) is 0 Å². The van der Waals surface area contributed by atoms with Crippen molar-refractivity contribution in [3.8, 4) is 9.88 Å². The Morgan fingerprint density at radius 2 is 2.05 bits per heavy atom. The molecule has 0 aliphatic heterocycles. The molecule has 3 aromatic heterocycles. The number of rotatable bonds is 5. The third-order valence-electron chi connectivity index (χ3n) is 2.97. The number of nitrogens with one attached hydrogen (secondary N) is 1. The van der Waals surface area contributed by atoms with Crippen LogP contribution in [0.5, 0.6) is 0 Å². The molecule has 1 N–H and O–H groups in total. The molecular weight excluding hydrogens is 320 g/mol. The van der Waals surface area contributed by atoms with Crippen LogP contribution in [0.1, 0.15) is 23.5 Å². The normalized spacial score (nSPS) is 12.2. The molecule has 0 radical (unpaired) electrons. The molecule has 0 aromatic carbocycles. The third-order valence-corrected chi connectivity index (χ3v) is 5.96. The fourth-order valence-corrected chi connectivity index (χ4v) is 4.34. The van der Waals surface area contributed by atoms with Gasteiger partial charge in [0.25, 0.3) is 0 Å². The van der Waals surface area contributed by atoms with Crippen molar-refractivity contribution in [1.29, 1.82) is 0 Å². The van der Waals surface area contributed by atoms with Gasteiger partial charge in [0.1, 0.15) is 5.01 Å². The Hall–Kier alpha value is -1.50. The fraction of sp³-hybridized carbons (Fsp3) is 0.200. The SMILES string of the molecule is C[C@@H](NC(=O)Cc1csc(-c2cccs2)n1)c1cccs1. The quantitative estimate of drug-likeness (QED) is 0.753. The molecule has 108 valence electrons. The lowest BCUT2D eigenvalue weighted by molar-refractivity contribution is -0.121. The second-order valence-electron chi connectivity index (χ2n) is 4.60. The molecule has 3 nitrogen and oxygen atoms in total. The maximum Gasteiger partial charge on any atom is 0.226 e. The smallest absolute Gasteiger partial charge is 0.226 e.